The minimum absolute atomic E-state index is 0.0238. The first-order valence-corrected chi connectivity index (χ1v) is 7.26. The van der Waals surface area contributed by atoms with Crippen molar-refractivity contribution in [2.45, 2.75) is 33.4 Å². The molecule has 0 aromatic carbocycles. The molecule has 0 amide bonds. The molecular weight excluding hydrogens is 256 g/mol. The molecule has 0 saturated carbocycles. The lowest BCUT2D eigenvalue weighted by Gasteiger charge is -2.28. The summed E-state index contributed by atoms with van der Waals surface area (Å²) in [5.74, 6) is 0.876. The number of rotatable bonds is 4. The van der Waals surface area contributed by atoms with E-state index in [1.54, 1.807) is 11.3 Å². The average Bonchev–Trinajstić information content (AvgIpc) is 2.90. The maximum atomic E-state index is 9.59. The van der Waals surface area contributed by atoms with Crippen LogP contribution in [0.2, 0.25) is 0 Å². The summed E-state index contributed by atoms with van der Waals surface area (Å²) in [6.07, 6.45) is 0. The third kappa shape index (κ3) is 2.80. The van der Waals surface area contributed by atoms with Gasteiger partial charge in [-0.1, -0.05) is 6.07 Å². The Kier molecular flexibility index (Phi) is 4.22. The highest BCUT2D eigenvalue weighted by Gasteiger charge is 2.18. The van der Waals surface area contributed by atoms with Crippen LogP contribution in [0.3, 0.4) is 0 Å². The van der Waals surface area contributed by atoms with E-state index in [1.807, 2.05) is 27.0 Å². The van der Waals surface area contributed by atoms with Crippen LogP contribution < -0.4 is 4.90 Å². The minimum Gasteiger partial charge on any atom is -0.392 e. The summed E-state index contributed by atoms with van der Waals surface area (Å²) < 4.78 is 0. The first kappa shape index (κ1) is 14.0. The van der Waals surface area contributed by atoms with Crippen molar-refractivity contribution in [3.05, 3.63) is 45.3 Å². The number of hydrogen-bond donors (Lipinski definition) is 1. The molecule has 0 bridgehead atoms. The standard InChI is InChI=1S/C15H20N2OS/c1-10-8-11(2)16-15(13(10)9-18)17(4)12(3)14-6-5-7-19-14/h5-8,12,18H,9H2,1-4H3. The Hall–Kier alpha value is -1.39. The van der Waals surface area contributed by atoms with E-state index in [2.05, 4.69) is 34.3 Å². The highest BCUT2D eigenvalue weighted by atomic mass is 32.1. The fraction of sp³-hybridized carbons (Fsp3) is 0.400. The van der Waals surface area contributed by atoms with Crippen LogP contribution in [0.1, 0.15) is 34.7 Å². The zero-order chi connectivity index (χ0) is 14.0. The number of pyridine rings is 1. The second kappa shape index (κ2) is 5.72. The number of aliphatic hydroxyl groups is 1. The van der Waals surface area contributed by atoms with Crippen LogP contribution in [-0.2, 0) is 6.61 Å². The second-order valence-corrected chi connectivity index (χ2v) is 5.82. The summed E-state index contributed by atoms with van der Waals surface area (Å²) in [5.41, 5.74) is 2.99. The Morgan fingerprint density at radius 2 is 2.16 bits per heavy atom. The molecule has 4 heteroatoms. The molecule has 0 fully saturated rings. The second-order valence-electron chi connectivity index (χ2n) is 4.84. The third-order valence-corrected chi connectivity index (χ3v) is 4.52. The van der Waals surface area contributed by atoms with E-state index in [1.165, 1.54) is 4.88 Å². The van der Waals surface area contributed by atoms with Gasteiger partial charge < -0.3 is 10.0 Å². The molecular formula is C15H20N2OS. The van der Waals surface area contributed by atoms with E-state index in [4.69, 9.17) is 0 Å². The Labute approximate surface area is 118 Å². The molecule has 2 aromatic heterocycles. The normalized spacial score (nSPS) is 12.5. The van der Waals surface area contributed by atoms with Gasteiger partial charge in [-0.25, -0.2) is 4.98 Å². The summed E-state index contributed by atoms with van der Waals surface area (Å²) in [5, 5.41) is 11.7. The quantitative estimate of drug-likeness (QED) is 0.929. The number of aryl methyl sites for hydroxylation is 2. The van der Waals surface area contributed by atoms with Gasteiger partial charge in [-0.3, -0.25) is 0 Å². The molecule has 1 N–H and O–H groups in total. The zero-order valence-electron chi connectivity index (χ0n) is 11.8. The third-order valence-electron chi connectivity index (χ3n) is 3.48. The zero-order valence-corrected chi connectivity index (χ0v) is 12.7. The molecule has 0 saturated heterocycles. The van der Waals surface area contributed by atoms with Gasteiger partial charge in [-0.2, -0.15) is 0 Å². The van der Waals surface area contributed by atoms with E-state index in [0.29, 0.717) is 0 Å². The van der Waals surface area contributed by atoms with Crippen LogP contribution in [0, 0.1) is 13.8 Å². The van der Waals surface area contributed by atoms with Crippen molar-refractivity contribution in [2.75, 3.05) is 11.9 Å². The maximum absolute atomic E-state index is 9.59. The molecule has 0 spiro atoms. The molecule has 0 aliphatic carbocycles. The molecule has 0 aliphatic heterocycles. The van der Waals surface area contributed by atoms with Crippen LogP contribution in [0.15, 0.2) is 23.6 Å². The summed E-state index contributed by atoms with van der Waals surface area (Å²) in [6.45, 7) is 6.19. The molecule has 102 valence electrons. The Bertz CT molecular complexity index is 552. The van der Waals surface area contributed by atoms with Crippen molar-refractivity contribution in [2.24, 2.45) is 0 Å². The average molecular weight is 276 g/mol. The van der Waals surface area contributed by atoms with Crippen molar-refractivity contribution in [3.8, 4) is 0 Å². The van der Waals surface area contributed by atoms with Crippen LogP contribution in [-0.4, -0.2) is 17.1 Å². The molecule has 0 aliphatic rings. The van der Waals surface area contributed by atoms with Gasteiger partial charge in [0, 0.05) is 23.2 Å². The van der Waals surface area contributed by atoms with Gasteiger partial charge in [0.25, 0.3) is 0 Å². The van der Waals surface area contributed by atoms with Gasteiger partial charge in [-0.15, -0.1) is 11.3 Å². The predicted molar refractivity (Wildman–Crippen MR) is 80.8 cm³/mol. The first-order chi connectivity index (χ1) is 9.04. The van der Waals surface area contributed by atoms with Crippen LogP contribution in [0.4, 0.5) is 5.82 Å². The van der Waals surface area contributed by atoms with E-state index in [0.717, 1.165) is 22.6 Å². The molecule has 2 aromatic rings. The SMILES string of the molecule is Cc1cc(C)c(CO)c(N(C)C(C)c2cccs2)n1. The Balaban J connectivity index is 2.40. The monoisotopic (exact) mass is 276 g/mol. The lowest BCUT2D eigenvalue weighted by atomic mass is 10.1. The molecule has 2 heterocycles. The number of anilines is 1. The van der Waals surface area contributed by atoms with Crippen LogP contribution >= 0.6 is 11.3 Å². The fourth-order valence-electron chi connectivity index (χ4n) is 2.23. The summed E-state index contributed by atoms with van der Waals surface area (Å²) >= 11 is 1.74. The molecule has 3 nitrogen and oxygen atoms in total. The van der Waals surface area contributed by atoms with Gasteiger partial charge in [-0.05, 0) is 43.8 Å². The lowest BCUT2D eigenvalue weighted by molar-refractivity contribution is 0.280. The highest BCUT2D eigenvalue weighted by molar-refractivity contribution is 7.10. The smallest absolute Gasteiger partial charge is 0.134 e. The van der Waals surface area contributed by atoms with Crippen LogP contribution in [0.5, 0.6) is 0 Å². The lowest BCUT2D eigenvalue weighted by Crippen LogP contribution is -2.24. The predicted octanol–water partition coefficient (Wildman–Crippen LogP) is 3.45. The van der Waals surface area contributed by atoms with Gasteiger partial charge in [0.15, 0.2) is 0 Å². The Morgan fingerprint density at radius 3 is 2.74 bits per heavy atom. The highest BCUT2D eigenvalue weighted by Crippen LogP contribution is 2.30. The molecule has 2 rings (SSSR count). The largest absolute Gasteiger partial charge is 0.392 e. The molecule has 1 unspecified atom stereocenters. The molecule has 19 heavy (non-hydrogen) atoms. The van der Waals surface area contributed by atoms with Crippen molar-refractivity contribution in [3.63, 3.8) is 0 Å². The first-order valence-electron chi connectivity index (χ1n) is 6.38. The topological polar surface area (TPSA) is 36.4 Å². The summed E-state index contributed by atoms with van der Waals surface area (Å²) in [6, 6.07) is 6.46. The van der Waals surface area contributed by atoms with Gasteiger partial charge in [0.1, 0.15) is 5.82 Å². The number of aliphatic hydroxyl groups excluding tert-OH is 1. The molecule has 1 atom stereocenters. The van der Waals surface area contributed by atoms with Crippen molar-refractivity contribution >= 4 is 17.2 Å². The fourth-order valence-corrected chi connectivity index (χ4v) is 3.06. The Morgan fingerprint density at radius 1 is 1.42 bits per heavy atom. The van der Waals surface area contributed by atoms with Crippen LogP contribution in [0.25, 0.3) is 0 Å². The van der Waals surface area contributed by atoms with Gasteiger partial charge in [0.05, 0.1) is 12.6 Å². The van der Waals surface area contributed by atoms with Gasteiger partial charge >= 0.3 is 0 Å². The maximum Gasteiger partial charge on any atom is 0.134 e. The number of hydrogen-bond acceptors (Lipinski definition) is 4. The van der Waals surface area contributed by atoms with E-state index in [9.17, 15) is 5.11 Å². The number of aromatic nitrogens is 1. The van der Waals surface area contributed by atoms with E-state index < -0.39 is 0 Å². The van der Waals surface area contributed by atoms with Gasteiger partial charge in [0.2, 0.25) is 0 Å². The minimum atomic E-state index is 0.0238. The van der Waals surface area contributed by atoms with Crippen molar-refractivity contribution in [1.29, 1.82) is 0 Å². The molecule has 0 radical (unpaired) electrons. The summed E-state index contributed by atoms with van der Waals surface area (Å²) in [4.78, 5) is 8.04. The number of thiophene rings is 1. The van der Waals surface area contributed by atoms with E-state index >= 15 is 0 Å². The van der Waals surface area contributed by atoms with E-state index in [-0.39, 0.29) is 12.6 Å². The van der Waals surface area contributed by atoms with Crippen molar-refractivity contribution < 1.29 is 5.11 Å². The number of nitrogens with zero attached hydrogens (tertiary/aromatic N) is 2. The summed E-state index contributed by atoms with van der Waals surface area (Å²) in [7, 11) is 2.03. The van der Waals surface area contributed by atoms with Crippen molar-refractivity contribution in [1.82, 2.24) is 4.98 Å².